The van der Waals surface area contributed by atoms with Gasteiger partial charge in [-0.25, -0.2) is 0 Å². The van der Waals surface area contributed by atoms with E-state index in [0.29, 0.717) is 13.2 Å². The van der Waals surface area contributed by atoms with Gasteiger partial charge < -0.3 is 15.4 Å². The Morgan fingerprint density at radius 1 is 1.40 bits per heavy atom. The van der Waals surface area contributed by atoms with Crippen molar-refractivity contribution in [3.8, 4) is 0 Å². The van der Waals surface area contributed by atoms with E-state index in [4.69, 9.17) is 10.5 Å². The molecule has 2 amide bonds. The molecule has 86 valence electrons. The quantitative estimate of drug-likeness (QED) is 0.654. The van der Waals surface area contributed by atoms with Crippen LogP contribution in [-0.4, -0.2) is 42.5 Å². The SMILES string of the molecule is CC(C)(C)C(=O)N1CCOCC1C(N)=O. The van der Waals surface area contributed by atoms with E-state index in [0.717, 1.165) is 0 Å². The van der Waals surface area contributed by atoms with Gasteiger partial charge in [-0.15, -0.1) is 0 Å². The predicted octanol–water partition coefficient (Wildman–Crippen LogP) is -0.255. The van der Waals surface area contributed by atoms with Crippen LogP contribution in [0.15, 0.2) is 0 Å². The second-order valence-electron chi connectivity index (χ2n) is 4.74. The molecule has 0 aromatic heterocycles. The van der Waals surface area contributed by atoms with Gasteiger partial charge in [0, 0.05) is 12.0 Å². The summed E-state index contributed by atoms with van der Waals surface area (Å²) in [5, 5.41) is 0. The molecule has 5 nitrogen and oxygen atoms in total. The van der Waals surface area contributed by atoms with E-state index in [1.807, 2.05) is 20.8 Å². The molecule has 0 aromatic carbocycles. The monoisotopic (exact) mass is 214 g/mol. The minimum atomic E-state index is -0.620. The summed E-state index contributed by atoms with van der Waals surface area (Å²) < 4.78 is 5.14. The Hall–Kier alpha value is -1.10. The van der Waals surface area contributed by atoms with Crippen molar-refractivity contribution in [1.82, 2.24) is 4.90 Å². The zero-order valence-corrected chi connectivity index (χ0v) is 9.45. The third-order valence-electron chi connectivity index (χ3n) is 2.36. The molecule has 0 aliphatic carbocycles. The molecule has 1 aliphatic rings. The van der Waals surface area contributed by atoms with Crippen LogP contribution in [0, 0.1) is 5.41 Å². The van der Waals surface area contributed by atoms with E-state index >= 15 is 0 Å². The average molecular weight is 214 g/mol. The van der Waals surface area contributed by atoms with Crippen LogP contribution in [0.2, 0.25) is 0 Å². The van der Waals surface area contributed by atoms with Crippen LogP contribution in [0.3, 0.4) is 0 Å². The van der Waals surface area contributed by atoms with Gasteiger partial charge >= 0.3 is 0 Å². The van der Waals surface area contributed by atoms with Crippen molar-refractivity contribution in [1.29, 1.82) is 0 Å². The van der Waals surface area contributed by atoms with E-state index in [2.05, 4.69) is 0 Å². The normalized spacial score (nSPS) is 22.6. The first-order valence-corrected chi connectivity index (χ1v) is 5.02. The van der Waals surface area contributed by atoms with Crippen LogP contribution in [0.25, 0.3) is 0 Å². The number of hydrogen-bond donors (Lipinski definition) is 1. The van der Waals surface area contributed by atoms with Crippen LogP contribution in [0.5, 0.6) is 0 Å². The molecule has 1 rings (SSSR count). The zero-order valence-electron chi connectivity index (χ0n) is 9.45. The van der Waals surface area contributed by atoms with Gasteiger partial charge in [0.05, 0.1) is 13.2 Å². The minimum absolute atomic E-state index is 0.0606. The molecule has 1 unspecified atom stereocenters. The molecule has 15 heavy (non-hydrogen) atoms. The number of nitrogens with zero attached hydrogens (tertiary/aromatic N) is 1. The first-order valence-electron chi connectivity index (χ1n) is 5.02. The van der Waals surface area contributed by atoms with Crippen LogP contribution < -0.4 is 5.73 Å². The maximum Gasteiger partial charge on any atom is 0.242 e. The zero-order chi connectivity index (χ0) is 11.6. The fourth-order valence-corrected chi connectivity index (χ4v) is 1.51. The molecule has 1 aliphatic heterocycles. The van der Waals surface area contributed by atoms with Crippen molar-refractivity contribution in [3.63, 3.8) is 0 Å². The summed E-state index contributed by atoms with van der Waals surface area (Å²) in [5.74, 6) is -0.568. The molecular formula is C10H18N2O3. The number of ether oxygens (including phenoxy) is 1. The van der Waals surface area contributed by atoms with Gasteiger partial charge in [-0.3, -0.25) is 9.59 Å². The fourth-order valence-electron chi connectivity index (χ4n) is 1.51. The van der Waals surface area contributed by atoms with E-state index < -0.39 is 17.4 Å². The van der Waals surface area contributed by atoms with Gasteiger partial charge in [0.2, 0.25) is 11.8 Å². The lowest BCUT2D eigenvalue weighted by Gasteiger charge is -2.37. The largest absolute Gasteiger partial charge is 0.377 e. The molecule has 0 saturated carbocycles. The van der Waals surface area contributed by atoms with Crippen LogP contribution >= 0.6 is 0 Å². The van der Waals surface area contributed by atoms with Crippen molar-refractivity contribution in [3.05, 3.63) is 0 Å². The molecule has 1 saturated heterocycles. The van der Waals surface area contributed by atoms with Crippen molar-refractivity contribution >= 4 is 11.8 Å². The molecular weight excluding hydrogens is 196 g/mol. The fraction of sp³-hybridized carbons (Fsp3) is 0.800. The highest BCUT2D eigenvalue weighted by atomic mass is 16.5. The smallest absolute Gasteiger partial charge is 0.242 e. The second-order valence-corrected chi connectivity index (χ2v) is 4.74. The Balaban J connectivity index is 2.81. The standard InChI is InChI=1S/C10H18N2O3/c1-10(2,3)9(14)12-4-5-15-6-7(12)8(11)13/h7H,4-6H2,1-3H3,(H2,11,13). The molecule has 1 heterocycles. The molecule has 0 radical (unpaired) electrons. The molecule has 5 heteroatoms. The number of carbonyl (C=O) groups excluding carboxylic acids is 2. The van der Waals surface area contributed by atoms with Crippen LogP contribution in [0.4, 0.5) is 0 Å². The summed E-state index contributed by atoms with van der Waals surface area (Å²) in [6.45, 7) is 6.57. The summed E-state index contributed by atoms with van der Waals surface area (Å²) >= 11 is 0. The molecule has 1 atom stereocenters. The minimum Gasteiger partial charge on any atom is -0.377 e. The Morgan fingerprint density at radius 3 is 2.47 bits per heavy atom. The van der Waals surface area contributed by atoms with E-state index in [-0.39, 0.29) is 12.5 Å². The highest BCUT2D eigenvalue weighted by Gasteiger charge is 2.36. The topological polar surface area (TPSA) is 72.6 Å². The lowest BCUT2D eigenvalue weighted by atomic mass is 9.93. The van der Waals surface area contributed by atoms with Gasteiger partial charge in [-0.05, 0) is 0 Å². The summed E-state index contributed by atoms with van der Waals surface area (Å²) in [4.78, 5) is 24.7. The van der Waals surface area contributed by atoms with Crippen molar-refractivity contribution in [2.24, 2.45) is 11.1 Å². The van der Waals surface area contributed by atoms with Gasteiger partial charge in [0.25, 0.3) is 0 Å². The molecule has 0 aromatic rings. The van der Waals surface area contributed by atoms with Crippen molar-refractivity contribution < 1.29 is 14.3 Å². The summed E-state index contributed by atoms with van der Waals surface area (Å²) in [5.41, 5.74) is 4.73. The Kier molecular flexibility index (Phi) is 3.34. The number of hydrogen-bond acceptors (Lipinski definition) is 3. The Bertz CT molecular complexity index is 270. The van der Waals surface area contributed by atoms with E-state index in [1.54, 1.807) is 0 Å². The van der Waals surface area contributed by atoms with E-state index in [9.17, 15) is 9.59 Å². The highest BCUT2D eigenvalue weighted by molar-refractivity contribution is 5.89. The first kappa shape index (κ1) is 12.0. The number of morpholine rings is 1. The van der Waals surface area contributed by atoms with Gasteiger partial charge in [0.1, 0.15) is 6.04 Å². The van der Waals surface area contributed by atoms with Crippen molar-refractivity contribution in [2.45, 2.75) is 26.8 Å². The third kappa shape index (κ3) is 2.68. The number of carbonyl (C=O) groups is 2. The molecule has 0 bridgehead atoms. The number of nitrogens with two attached hydrogens (primary N) is 1. The third-order valence-corrected chi connectivity index (χ3v) is 2.36. The predicted molar refractivity (Wildman–Crippen MR) is 55.0 cm³/mol. The Morgan fingerprint density at radius 2 is 2.00 bits per heavy atom. The van der Waals surface area contributed by atoms with E-state index in [1.165, 1.54) is 4.90 Å². The average Bonchev–Trinajstić information content (AvgIpc) is 2.15. The van der Waals surface area contributed by atoms with Gasteiger partial charge in [-0.2, -0.15) is 0 Å². The van der Waals surface area contributed by atoms with Gasteiger partial charge in [-0.1, -0.05) is 20.8 Å². The summed E-state index contributed by atoms with van der Waals surface area (Å²) in [7, 11) is 0. The summed E-state index contributed by atoms with van der Waals surface area (Å²) in [6.07, 6.45) is 0. The van der Waals surface area contributed by atoms with Crippen molar-refractivity contribution in [2.75, 3.05) is 19.8 Å². The van der Waals surface area contributed by atoms with Crippen LogP contribution in [0.1, 0.15) is 20.8 Å². The lowest BCUT2D eigenvalue weighted by Crippen LogP contribution is -2.57. The number of primary amides is 1. The maximum absolute atomic E-state index is 12.0. The first-order chi connectivity index (χ1) is 6.84. The number of amides is 2. The molecule has 2 N–H and O–H groups in total. The maximum atomic E-state index is 12.0. The number of rotatable bonds is 1. The second kappa shape index (κ2) is 4.18. The molecule has 0 spiro atoms. The molecule has 1 fully saturated rings. The lowest BCUT2D eigenvalue weighted by molar-refractivity contribution is -0.153. The van der Waals surface area contributed by atoms with Crippen LogP contribution in [-0.2, 0) is 14.3 Å². The highest BCUT2D eigenvalue weighted by Crippen LogP contribution is 2.20. The van der Waals surface area contributed by atoms with Gasteiger partial charge in [0.15, 0.2) is 0 Å². The summed E-state index contributed by atoms with van der Waals surface area (Å²) in [6, 6.07) is -0.620. The Labute approximate surface area is 89.6 Å².